The fraction of sp³-hybridized carbons (Fsp3) is 0.769. The van der Waals surface area contributed by atoms with Crippen LogP contribution in [0, 0.1) is 34.0 Å². The lowest BCUT2D eigenvalue weighted by atomic mass is 9.48. The molecule has 0 radical (unpaired) electrons. The lowest BCUT2D eigenvalue weighted by Gasteiger charge is -2.55. The number of fused-ring (bicyclic) bond motifs is 5. The van der Waals surface area contributed by atoms with E-state index in [0.29, 0.717) is 32.1 Å². The third-order valence-electron chi connectivity index (χ3n) is 10.4. The lowest BCUT2D eigenvalue weighted by molar-refractivity contribution is -0.261. The van der Waals surface area contributed by atoms with Crippen LogP contribution in [-0.4, -0.2) is 35.1 Å². The monoisotopic (exact) mass is 470 g/mol. The van der Waals surface area contributed by atoms with Gasteiger partial charge in [-0.1, -0.05) is 44.9 Å². The first-order valence-corrected chi connectivity index (χ1v) is 12.0. The van der Waals surface area contributed by atoms with Gasteiger partial charge in [0.25, 0.3) is 0 Å². The lowest BCUT2D eigenvalue weighted by Crippen LogP contribution is -2.57. The highest BCUT2D eigenvalue weighted by Gasteiger charge is 2.74. The number of carbonyl (C=O) groups is 2. The van der Waals surface area contributed by atoms with Gasteiger partial charge in [-0.2, -0.15) is 13.2 Å². The molecule has 0 aromatic heterocycles. The zero-order chi connectivity index (χ0) is 24.6. The summed E-state index contributed by atoms with van der Waals surface area (Å²) < 4.78 is 58.3. The minimum absolute atomic E-state index is 0.0430. The predicted molar refractivity (Wildman–Crippen MR) is 116 cm³/mol. The van der Waals surface area contributed by atoms with Gasteiger partial charge in [0, 0.05) is 23.2 Å². The van der Waals surface area contributed by atoms with Crippen molar-refractivity contribution in [1.82, 2.24) is 0 Å². The molecule has 0 amide bonds. The molecule has 0 heterocycles. The molecule has 2 fully saturated rings. The Kier molecular flexibility index (Phi) is 5.59. The van der Waals surface area contributed by atoms with Crippen molar-refractivity contribution >= 4 is 11.6 Å². The number of aliphatic hydroxyl groups excluding tert-OH is 1. The summed E-state index contributed by atoms with van der Waals surface area (Å²) >= 11 is 0. The number of Topliss-reactive ketones (excluding diaryl/α,β-unsaturated/α-hetero) is 1. The maximum Gasteiger partial charge on any atom is 0.422 e. The molecule has 0 bridgehead atoms. The summed E-state index contributed by atoms with van der Waals surface area (Å²) in [5.41, 5.74) is -4.14. The summed E-state index contributed by atoms with van der Waals surface area (Å²) in [6.07, 6.45) is 0.700. The van der Waals surface area contributed by atoms with E-state index in [1.54, 1.807) is 6.08 Å². The average molecular weight is 471 g/mol. The summed E-state index contributed by atoms with van der Waals surface area (Å²) in [7, 11) is 0. The van der Waals surface area contributed by atoms with E-state index in [1.165, 1.54) is 13.8 Å². The Hall–Kier alpha value is -1.50. The van der Waals surface area contributed by atoms with Crippen molar-refractivity contribution in [2.75, 3.05) is 6.61 Å². The summed E-state index contributed by atoms with van der Waals surface area (Å²) in [4.78, 5) is 25.2. The molecular formula is C26H34F4O3. The predicted octanol–water partition coefficient (Wildman–Crippen LogP) is 5.91. The molecule has 2 saturated carbocycles. The molecule has 3 nitrogen and oxygen atoms in total. The molecule has 7 atom stereocenters. The summed E-state index contributed by atoms with van der Waals surface area (Å²) in [6.45, 7) is 5.67. The number of allylic oxidation sites excluding steroid dienone is 4. The fourth-order valence-electron chi connectivity index (χ4n) is 8.10. The molecule has 0 aliphatic heterocycles. The van der Waals surface area contributed by atoms with Crippen LogP contribution in [0.15, 0.2) is 23.3 Å². The van der Waals surface area contributed by atoms with Crippen LogP contribution in [0.25, 0.3) is 0 Å². The molecule has 4 aliphatic rings. The molecule has 0 aromatic rings. The maximum absolute atomic E-state index is 15.9. The van der Waals surface area contributed by atoms with Crippen LogP contribution in [0.1, 0.15) is 72.6 Å². The molecule has 0 aromatic carbocycles. The van der Waals surface area contributed by atoms with Gasteiger partial charge in [-0.3, -0.25) is 9.59 Å². The standard InChI is InChI=1S/C26H34F4O3/c1-5-25(27,26(28,29)30)20-13-19-17-7-6-15-12-16(32)8-10-22(15,2)18(17)9-11-23(19,3)24(20,4)21(33)14-31/h9,12,17,19-20,31H,5-8,10-11,13-14H2,1-4H3/t17?,19?,20-,22+,23+,24-,25?/m1/s1. The minimum atomic E-state index is -5.11. The van der Waals surface area contributed by atoms with Crippen molar-refractivity contribution in [3.8, 4) is 0 Å². The van der Waals surface area contributed by atoms with Crippen molar-refractivity contribution in [2.45, 2.75) is 84.5 Å². The van der Waals surface area contributed by atoms with Gasteiger partial charge >= 0.3 is 6.18 Å². The third kappa shape index (κ3) is 3.02. The van der Waals surface area contributed by atoms with E-state index in [1.807, 2.05) is 6.92 Å². The molecule has 3 unspecified atom stereocenters. The number of aliphatic hydroxyl groups is 1. The Morgan fingerprint density at radius 2 is 1.85 bits per heavy atom. The molecule has 0 saturated heterocycles. The van der Waals surface area contributed by atoms with Crippen LogP contribution in [-0.2, 0) is 9.59 Å². The summed E-state index contributed by atoms with van der Waals surface area (Å²) in [6, 6.07) is 0. The van der Waals surface area contributed by atoms with Crippen LogP contribution < -0.4 is 0 Å². The smallest absolute Gasteiger partial charge is 0.389 e. The van der Waals surface area contributed by atoms with Gasteiger partial charge in [0.15, 0.2) is 11.6 Å². The maximum atomic E-state index is 15.9. The Labute approximate surface area is 192 Å². The van der Waals surface area contributed by atoms with Crippen molar-refractivity contribution in [3.63, 3.8) is 0 Å². The molecule has 7 heteroatoms. The highest BCUT2D eigenvalue weighted by atomic mass is 19.4. The normalized spacial score (nSPS) is 42.5. The topological polar surface area (TPSA) is 54.4 Å². The van der Waals surface area contributed by atoms with Crippen LogP contribution in [0.5, 0.6) is 0 Å². The van der Waals surface area contributed by atoms with E-state index < -0.39 is 47.4 Å². The van der Waals surface area contributed by atoms with Crippen LogP contribution in [0.4, 0.5) is 17.6 Å². The Bertz CT molecular complexity index is 936. The average Bonchev–Trinajstić information content (AvgIpc) is 3.01. The zero-order valence-corrected chi connectivity index (χ0v) is 19.8. The number of hydrogen-bond donors (Lipinski definition) is 1. The number of ketones is 2. The van der Waals surface area contributed by atoms with E-state index in [4.69, 9.17) is 0 Å². The van der Waals surface area contributed by atoms with Gasteiger partial charge in [0.2, 0.25) is 5.67 Å². The molecule has 4 rings (SSSR count). The van der Waals surface area contributed by atoms with Gasteiger partial charge in [-0.15, -0.1) is 0 Å². The third-order valence-corrected chi connectivity index (χ3v) is 10.4. The molecular weight excluding hydrogens is 436 g/mol. The largest absolute Gasteiger partial charge is 0.422 e. The fourth-order valence-corrected chi connectivity index (χ4v) is 8.10. The number of halogens is 4. The number of carbonyl (C=O) groups excluding carboxylic acids is 2. The first kappa shape index (κ1) is 24.6. The van der Waals surface area contributed by atoms with E-state index >= 15 is 4.39 Å². The van der Waals surface area contributed by atoms with Gasteiger partial charge in [-0.05, 0) is 61.9 Å². The van der Waals surface area contributed by atoms with Crippen LogP contribution in [0.2, 0.25) is 0 Å². The van der Waals surface area contributed by atoms with E-state index in [2.05, 4.69) is 13.0 Å². The zero-order valence-electron chi connectivity index (χ0n) is 19.8. The number of hydrogen-bond acceptors (Lipinski definition) is 3. The second-order valence-electron chi connectivity index (χ2n) is 11.3. The second-order valence-corrected chi connectivity index (χ2v) is 11.3. The van der Waals surface area contributed by atoms with E-state index in [0.717, 1.165) is 11.1 Å². The van der Waals surface area contributed by atoms with Crippen molar-refractivity contribution in [2.24, 2.45) is 34.0 Å². The second kappa shape index (κ2) is 7.50. The van der Waals surface area contributed by atoms with Gasteiger partial charge in [0.1, 0.15) is 6.61 Å². The highest BCUT2D eigenvalue weighted by molar-refractivity contribution is 5.92. The first-order chi connectivity index (χ1) is 15.2. The highest BCUT2D eigenvalue weighted by Crippen LogP contribution is 2.72. The quantitative estimate of drug-likeness (QED) is 0.410. The molecule has 184 valence electrons. The van der Waals surface area contributed by atoms with Gasteiger partial charge in [0.05, 0.1) is 0 Å². The van der Waals surface area contributed by atoms with Gasteiger partial charge in [-0.25, -0.2) is 4.39 Å². The SMILES string of the molecule is CCC(F)([C@@H]1CC2C3CCC4=CC(=O)CC[C@]4(C)C3=CC[C@]2(C)[C@@]1(C)C(=O)CO)C(F)(F)F. The molecule has 33 heavy (non-hydrogen) atoms. The Morgan fingerprint density at radius 3 is 2.42 bits per heavy atom. The van der Waals surface area contributed by atoms with Crippen LogP contribution >= 0.6 is 0 Å². The Morgan fingerprint density at radius 1 is 1.18 bits per heavy atom. The molecule has 1 N–H and O–H groups in total. The van der Waals surface area contributed by atoms with Crippen molar-refractivity contribution in [3.05, 3.63) is 23.3 Å². The first-order valence-electron chi connectivity index (χ1n) is 12.0. The molecule has 0 spiro atoms. The van der Waals surface area contributed by atoms with E-state index in [-0.39, 0.29) is 29.5 Å². The number of alkyl halides is 4. The number of rotatable bonds is 4. The van der Waals surface area contributed by atoms with Crippen molar-refractivity contribution < 1.29 is 32.3 Å². The van der Waals surface area contributed by atoms with E-state index in [9.17, 15) is 27.9 Å². The van der Waals surface area contributed by atoms with Crippen LogP contribution in [0.3, 0.4) is 0 Å². The van der Waals surface area contributed by atoms with Gasteiger partial charge < -0.3 is 5.11 Å². The summed E-state index contributed by atoms with van der Waals surface area (Å²) in [5.74, 6) is -2.53. The summed E-state index contributed by atoms with van der Waals surface area (Å²) in [5, 5.41) is 9.77. The Balaban J connectivity index is 1.85. The minimum Gasteiger partial charge on any atom is -0.389 e. The van der Waals surface area contributed by atoms with Crippen molar-refractivity contribution in [1.29, 1.82) is 0 Å². The molecule has 4 aliphatic carbocycles.